The molecular weight excluding hydrogens is 156 g/mol. The maximum Gasteiger partial charge on any atom is 0.330 e. The third-order valence-electron chi connectivity index (χ3n) is 1.24. The van der Waals surface area contributed by atoms with E-state index < -0.39 is 6.03 Å². The van der Waals surface area contributed by atoms with Crippen LogP contribution in [0.1, 0.15) is 0 Å². The van der Waals surface area contributed by atoms with Crippen molar-refractivity contribution < 1.29 is 4.79 Å². The Morgan fingerprint density at radius 2 is 1.83 bits per heavy atom. The highest BCUT2D eigenvalue weighted by Crippen LogP contribution is 2.08. The van der Waals surface area contributed by atoms with Gasteiger partial charge in [-0.1, -0.05) is 0 Å². The Balaban J connectivity index is 2.53. The largest absolute Gasteiger partial charge is 0.399 e. The molecule has 1 aromatic carbocycles. The minimum absolute atomic E-state index is 0.633. The van der Waals surface area contributed by atoms with Crippen LogP contribution in [0.25, 0.3) is 0 Å². The van der Waals surface area contributed by atoms with E-state index in [0.29, 0.717) is 5.69 Å². The summed E-state index contributed by atoms with van der Waals surface area (Å²) in [6.45, 7) is 0. The van der Waals surface area contributed by atoms with Crippen LogP contribution in [-0.2, 0) is 0 Å². The highest BCUT2D eigenvalue weighted by Gasteiger charge is 1.91. The molecule has 0 atom stereocenters. The van der Waals surface area contributed by atoms with Gasteiger partial charge in [0.2, 0.25) is 0 Å². The van der Waals surface area contributed by atoms with Crippen molar-refractivity contribution in [1.82, 2.24) is 5.43 Å². The molecule has 1 rings (SSSR count). The molecule has 0 saturated heterocycles. The number of carbonyl (C=O) groups excluding carboxylic acids is 1. The van der Waals surface area contributed by atoms with E-state index >= 15 is 0 Å². The van der Waals surface area contributed by atoms with Gasteiger partial charge in [0.05, 0.1) is 5.69 Å². The number of nitrogens with one attached hydrogen (secondary N) is 2. The zero-order valence-electron chi connectivity index (χ0n) is 6.37. The van der Waals surface area contributed by atoms with Crippen LogP contribution in [0.3, 0.4) is 0 Å². The topological polar surface area (TPSA) is 93.2 Å². The standard InChI is InChI=1S/C7H10N4O/c8-5-1-3-6(4-2-5)10-11-7(9)12/h1-4,10H,8H2,(H3,9,11,12). The summed E-state index contributed by atoms with van der Waals surface area (Å²) in [6, 6.07) is 6.25. The molecule has 0 aliphatic carbocycles. The van der Waals surface area contributed by atoms with Gasteiger partial charge in [0, 0.05) is 5.69 Å². The summed E-state index contributed by atoms with van der Waals surface area (Å²) in [7, 11) is 0. The fourth-order valence-corrected chi connectivity index (χ4v) is 0.700. The zero-order valence-corrected chi connectivity index (χ0v) is 6.37. The molecule has 64 valence electrons. The summed E-state index contributed by atoms with van der Waals surface area (Å²) >= 11 is 0. The van der Waals surface area contributed by atoms with Crippen molar-refractivity contribution in [2.75, 3.05) is 11.2 Å². The van der Waals surface area contributed by atoms with Gasteiger partial charge in [-0.2, -0.15) is 0 Å². The van der Waals surface area contributed by atoms with Crippen molar-refractivity contribution in [2.45, 2.75) is 0 Å². The lowest BCUT2D eigenvalue weighted by Gasteiger charge is -2.05. The number of anilines is 2. The van der Waals surface area contributed by atoms with Crippen LogP contribution in [-0.4, -0.2) is 6.03 Å². The summed E-state index contributed by atoms with van der Waals surface area (Å²) in [4.78, 5) is 10.3. The molecule has 6 N–H and O–H groups in total. The quantitative estimate of drug-likeness (QED) is 0.375. The van der Waals surface area contributed by atoms with Crippen molar-refractivity contribution in [3.05, 3.63) is 24.3 Å². The number of hydrogen-bond acceptors (Lipinski definition) is 3. The second kappa shape index (κ2) is 3.47. The molecule has 0 fully saturated rings. The highest BCUT2D eigenvalue weighted by atomic mass is 16.2. The average Bonchev–Trinajstić information content (AvgIpc) is 2.03. The van der Waals surface area contributed by atoms with Crippen LogP contribution in [0, 0.1) is 0 Å². The zero-order chi connectivity index (χ0) is 8.97. The first-order chi connectivity index (χ1) is 5.68. The van der Waals surface area contributed by atoms with Crippen molar-refractivity contribution in [3.8, 4) is 0 Å². The molecule has 1 aromatic rings. The molecule has 0 spiro atoms. The van der Waals surface area contributed by atoms with E-state index in [-0.39, 0.29) is 0 Å². The predicted octanol–water partition coefficient (Wildman–Crippen LogP) is 0.264. The average molecular weight is 166 g/mol. The number of amides is 2. The van der Waals surface area contributed by atoms with E-state index in [0.717, 1.165) is 5.69 Å². The van der Waals surface area contributed by atoms with Crippen LogP contribution in [0.4, 0.5) is 16.2 Å². The number of hydrazine groups is 1. The summed E-state index contributed by atoms with van der Waals surface area (Å²) in [6.07, 6.45) is 0. The number of hydrogen-bond donors (Lipinski definition) is 4. The second-order valence-electron chi connectivity index (χ2n) is 2.24. The Labute approximate surface area is 69.7 Å². The van der Waals surface area contributed by atoms with Gasteiger partial charge >= 0.3 is 6.03 Å². The molecule has 0 aliphatic heterocycles. The molecule has 0 aromatic heterocycles. The van der Waals surface area contributed by atoms with E-state index in [1.165, 1.54) is 0 Å². The van der Waals surface area contributed by atoms with Gasteiger partial charge in [-0.3, -0.25) is 10.9 Å². The van der Waals surface area contributed by atoms with Crippen LogP contribution < -0.4 is 22.3 Å². The van der Waals surface area contributed by atoms with Crippen LogP contribution in [0.2, 0.25) is 0 Å². The Hall–Kier alpha value is -1.91. The summed E-state index contributed by atoms with van der Waals surface area (Å²) in [5.74, 6) is 0. The van der Waals surface area contributed by atoms with Gasteiger partial charge in [0.25, 0.3) is 0 Å². The Morgan fingerprint density at radius 1 is 1.25 bits per heavy atom. The maximum absolute atomic E-state index is 10.3. The Morgan fingerprint density at radius 3 is 2.33 bits per heavy atom. The highest BCUT2D eigenvalue weighted by molar-refractivity contribution is 5.73. The molecule has 2 amide bonds. The predicted molar refractivity (Wildman–Crippen MR) is 47.2 cm³/mol. The molecule has 0 saturated carbocycles. The van der Waals surface area contributed by atoms with Crippen molar-refractivity contribution >= 4 is 17.4 Å². The molecule has 0 aliphatic rings. The molecular formula is C7H10N4O. The minimum atomic E-state index is -0.633. The van der Waals surface area contributed by atoms with Gasteiger partial charge in [0.15, 0.2) is 0 Å². The molecule has 5 heteroatoms. The number of rotatable bonds is 2. The summed E-state index contributed by atoms with van der Waals surface area (Å²) in [5, 5.41) is 0. The summed E-state index contributed by atoms with van der Waals surface area (Å²) < 4.78 is 0. The van der Waals surface area contributed by atoms with Gasteiger partial charge in [-0.05, 0) is 24.3 Å². The first-order valence-electron chi connectivity index (χ1n) is 3.35. The van der Waals surface area contributed by atoms with E-state index in [1.807, 2.05) is 0 Å². The number of nitrogens with two attached hydrogens (primary N) is 2. The number of nitrogen functional groups attached to an aromatic ring is 1. The normalized spacial score (nSPS) is 9.00. The van der Waals surface area contributed by atoms with Gasteiger partial charge in [-0.25, -0.2) is 4.79 Å². The van der Waals surface area contributed by atoms with Crippen molar-refractivity contribution in [2.24, 2.45) is 5.73 Å². The van der Waals surface area contributed by atoms with Crippen LogP contribution >= 0.6 is 0 Å². The second-order valence-corrected chi connectivity index (χ2v) is 2.24. The minimum Gasteiger partial charge on any atom is -0.399 e. The number of primary amides is 1. The Bertz CT molecular complexity index is 269. The van der Waals surface area contributed by atoms with Gasteiger partial charge in [-0.15, -0.1) is 0 Å². The van der Waals surface area contributed by atoms with Crippen LogP contribution in [0.5, 0.6) is 0 Å². The maximum atomic E-state index is 10.3. The van der Waals surface area contributed by atoms with Crippen LogP contribution in [0.15, 0.2) is 24.3 Å². The molecule has 5 nitrogen and oxygen atoms in total. The lowest BCUT2D eigenvalue weighted by molar-refractivity contribution is 0.250. The number of benzene rings is 1. The molecule has 12 heavy (non-hydrogen) atoms. The number of urea groups is 1. The van der Waals surface area contributed by atoms with E-state index in [1.54, 1.807) is 24.3 Å². The van der Waals surface area contributed by atoms with E-state index in [9.17, 15) is 4.79 Å². The SMILES string of the molecule is NC(=O)NNc1ccc(N)cc1. The fraction of sp³-hybridized carbons (Fsp3) is 0. The molecule has 0 heterocycles. The van der Waals surface area contributed by atoms with Crippen molar-refractivity contribution in [3.63, 3.8) is 0 Å². The lowest BCUT2D eigenvalue weighted by Crippen LogP contribution is -2.34. The van der Waals surface area contributed by atoms with Crippen molar-refractivity contribution in [1.29, 1.82) is 0 Å². The smallest absolute Gasteiger partial charge is 0.330 e. The van der Waals surface area contributed by atoms with E-state index in [4.69, 9.17) is 11.5 Å². The molecule has 0 bridgehead atoms. The lowest BCUT2D eigenvalue weighted by atomic mass is 10.3. The Kier molecular flexibility index (Phi) is 2.37. The molecule has 0 radical (unpaired) electrons. The third kappa shape index (κ3) is 2.37. The monoisotopic (exact) mass is 166 g/mol. The first-order valence-corrected chi connectivity index (χ1v) is 3.35. The van der Waals surface area contributed by atoms with Gasteiger partial charge < -0.3 is 11.5 Å². The molecule has 0 unspecified atom stereocenters. The first kappa shape index (κ1) is 8.19. The van der Waals surface area contributed by atoms with E-state index in [2.05, 4.69) is 10.9 Å². The fourth-order valence-electron chi connectivity index (χ4n) is 0.700. The third-order valence-corrected chi connectivity index (χ3v) is 1.24. The van der Waals surface area contributed by atoms with Gasteiger partial charge in [0.1, 0.15) is 0 Å². The summed E-state index contributed by atoms with van der Waals surface area (Å²) in [5.41, 5.74) is 16.5. The number of carbonyl (C=O) groups is 1.